The number of nitrogens with zero attached hydrogens (tertiary/aromatic N) is 2. The van der Waals surface area contributed by atoms with Gasteiger partial charge in [-0.15, -0.1) is 0 Å². The number of fused-ring (bicyclic) bond motifs is 1. The second-order valence-corrected chi connectivity index (χ2v) is 6.36. The van der Waals surface area contributed by atoms with Crippen LogP contribution in [0.4, 0.5) is 20.7 Å². The maximum absolute atomic E-state index is 13.2. The summed E-state index contributed by atoms with van der Waals surface area (Å²) in [5.74, 6) is 0.563. The van der Waals surface area contributed by atoms with E-state index in [9.17, 15) is 14.3 Å². The van der Waals surface area contributed by atoms with Gasteiger partial charge in [-0.2, -0.15) is 4.98 Å². The number of anilines is 2. The number of rotatable bonds is 6. The molecule has 0 bridgehead atoms. The van der Waals surface area contributed by atoms with Gasteiger partial charge < -0.3 is 19.9 Å². The molecule has 2 heterocycles. The van der Waals surface area contributed by atoms with E-state index in [0.29, 0.717) is 31.1 Å². The molecule has 1 unspecified atom stereocenters. The molecule has 1 aromatic heterocycles. The second kappa shape index (κ2) is 8.22. The van der Waals surface area contributed by atoms with Crippen LogP contribution in [-0.2, 0) is 11.2 Å². The van der Waals surface area contributed by atoms with Crippen molar-refractivity contribution in [2.45, 2.75) is 19.4 Å². The Kier molecular flexibility index (Phi) is 5.75. The van der Waals surface area contributed by atoms with Crippen LogP contribution >= 0.6 is 0 Å². The van der Waals surface area contributed by atoms with Crippen LogP contribution in [0.1, 0.15) is 18.1 Å². The normalized spacial score (nSPS) is 15.8. The predicted molar refractivity (Wildman–Crippen MR) is 99.3 cm³/mol. The van der Waals surface area contributed by atoms with Gasteiger partial charge in [0.25, 0.3) is 0 Å². The van der Waals surface area contributed by atoms with Gasteiger partial charge in [0.05, 0.1) is 12.6 Å². The number of methoxy groups -OCH3 is 1. The molecule has 27 heavy (non-hydrogen) atoms. The third kappa shape index (κ3) is 4.28. The SMILES string of the molecule is COCCNc1nc2c(cc1Cc1ccc(F)cc1)N(C(=O)O)C(C)CO2. The van der Waals surface area contributed by atoms with Crippen molar-refractivity contribution < 1.29 is 23.8 Å². The summed E-state index contributed by atoms with van der Waals surface area (Å²) in [7, 11) is 1.61. The van der Waals surface area contributed by atoms with Crippen molar-refractivity contribution in [3.8, 4) is 5.88 Å². The minimum Gasteiger partial charge on any atom is -0.474 e. The number of hydrogen-bond donors (Lipinski definition) is 2. The lowest BCUT2D eigenvalue weighted by molar-refractivity contribution is 0.188. The molecular formula is C19H22FN3O4. The topological polar surface area (TPSA) is 83.9 Å². The van der Waals surface area contributed by atoms with Crippen LogP contribution in [0.15, 0.2) is 30.3 Å². The van der Waals surface area contributed by atoms with Crippen molar-refractivity contribution >= 4 is 17.6 Å². The Hall–Kier alpha value is -2.87. The highest BCUT2D eigenvalue weighted by Crippen LogP contribution is 2.36. The Morgan fingerprint density at radius 2 is 2.19 bits per heavy atom. The van der Waals surface area contributed by atoms with Crippen molar-refractivity contribution in [2.24, 2.45) is 0 Å². The number of pyridine rings is 1. The first-order valence-electron chi connectivity index (χ1n) is 8.65. The Morgan fingerprint density at radius 1 is 1.44 bits per heavy atom. The van der Waals surface area contributed by atoms with E-state index in [-0.39, 0.29) is 24.3 Å². The van der Waals surface area contributed by atoms with Gasteiger partial charge in [0, 0.05) is 25.6 Å². The molecule has 1 aliphatic rings. The zero-order valence-electron chi connectivity index (χ0n) is 15.2. The number of hydrogen-bond acceptors (Lipinski definition) is 5. The molecule has 0 saturated carbocycles. The highest BCUT2D eigenvalue weighted by molar-refractivity contribution is 5.89. The monoisotopic (exact) mass is 375 g/mol. The van der Waals surface area contributed by atoms with Gasteiger partial charge >= 0.3 is 6.09 Å². The molecule has 0 radical (unpaired) electrons. The van der Waals surface area contributed by atoms with E-state index >= 15 is 0 Å². The molecule has 1 aliphatic heterocycles. The van der Waals surface area contributed by atoms with Crippen LogP contribution in [-0.4, -0.2) is 49.1 Å². The highest BCUT2D eigenvalue weighted by Gasteiger charge is 2.31. The molecule has 7 nitrogen and oxygen atoms in total. The fourth-order valence-corrected chi connectivity index (χ4v) is 2.99. The maximum Gasteiger partial charge on any atom is 0.412 e. The summed E-state index contributed by atoms with van der Waals surface area (Å²) in [6.07, 6.45) is -0.584. The van der Waals surface area contributed by atoms with Gasteiger partial charge in [-0.1, -0.05) is 12.1 Å². The predicted octanol–water partition coefficient (Wildman–Crippen LogP) is 3.14. The summed E-state index contributed by atoms with van der Waals surface area (Å²) in [5, 5.41) is 12.8. The zero-order chi connectivity index (χ0) is 19.4. The quantitative estimate of drug-likeness (QED) is 0.755. The number of carboxylic acid groups (broad SMARTS) is 1. The first kappa shape index (κ1) is 18.9. The summed E-state index contributed by atoms with van der Waals surface area (Å²) in [5.41, 5.74) is 2.09. The van der Waals surface area contributed by atoms with Crippen molar-refractivity contribution in [3.63, 3.8) is 0 Å². The Morgan fingerprint density at radius 3 is 2.85 bits per heavy atom. The van der Waals surface area contributed by atoms with E-state index < -0.39 is 6.09 Å². The van der Waals surface area contributed by atoms with Crippen LogP contribution in [0.2, 0.25) is 0 Å². The first-order valence-corrected chi connectivity index (χ1v) is 8.65. The lowest BCUT2D eigenvalue weighted by atomic mass is 10.0. The number of nitrogens with one attached hydrogen (secondary N) is 1. The Balaban J connectivity index is 1.99. The van der Waals surface area contributed by atoms with Crippen molar-refractivity contribution in [1.29, 1.82) is 0 Å². The third-order valence-corrected chi connectivity index (χ3v) is 4.32. The Bertz CT molecular complexity index is 813. The van der Waals surface area contributed by atoms with Gasteiger partial charge in [0.15, 0.2) is 0 Å². The molecule has 0 fully saturated rings. The summed E-state index contributed by atoms with van der Waals surface area (Å²) in [6.45, 7) is 3.05. The standard InChI is InChI=1S/C19H22FN3O4/c1-12-11-27-18-16(23(12)19(24)25)10-14(17(22-18)21-7-8-26-2)9-13-3-5-15(20)6-4-13/h3-6,10,12H,7-9,11H2,1-2H3,(H,21,22)(H,24,25). The minimum absolute atomic E-state index is 0.237. The van der Waals surface area contributed by atoms with Crippen LogP contribution in [0, 0.1) is 5.82 Å². The maximum atomic E-state index is 13.2. The van der Waals surface area contributed by atoms with Gasteiger partial charge in [-0.25, -0.2) is 9.18 Å². The highest BCUT2D eigenvalue weighted by atomic mass is 19.1. The fraction of sp³-hybridized carbons (Fsp3) is 0.368. The van der Waals surface area contributed by atoms with Gasteiger partial charge in [-0.3, -0.25) is 4.90 Å². The second-order valence-electron chi connectivity index (χ2n) is 6.36. The fourth-order valence-electron chi connectivity index (χ4n) is 2.99. The van der Waals surface area contributed by atoms with E-state index in [1.165, 1.54) is 17.0 Å². The third-order valence-electron chi connectivity index (χ3n) is 4.32. The number of benzene rings is 1. The molecule has 8 heteroatoms. The molecular weight excluding hydrogens is 353 g/mol. The van der Waals surface area contributed by atoms with Crippen molar-refractivity contribution in [1.82, 2.24) is 4.98 Å². The number of aromatic nitrogens is 1. The van der Waals surface area contributed by atoms with Gasteiger partial charge in [0.2, 0.25) is 5.88 Å². The molecule has 1 amide bonds. The lowest BCUT2D eigenvalue weighted by Gasteiger charge is -2.33. The van der Waals surface area contributed by atoms with E-state index in [0.717, 1.165) is 11.1 Å². The lowest BCUT2D eigenvalue weighted by Crippen LogP contribution is -2.44. The molecule has 1 aromatic carbocycles. The molecule has 1 atom stereocenters. The molecule has 0 saturated heterocycles. The van der Waals surface area contributed by atoms with Gasteiger partial charge in [-0.05, 0) is 30.7 Å². The minimum atomic E-state index is -1.05. The van der Waals surface area contributed by atoms with Crippen LogP contribution in [0.5, 0.6) is 5.88 Å². The van der Waals surface area contributed by atoms with Crippen LogP contribution in [0.25, 0.3) is 0 Å². The molecule has 144 valence electrons. The molecule has 3 rings (SSSR count). The summed E-state index contributed by atoms with van der Waals surface area (Å²) in [6, 6.07) is 7.64. The Labute approximate surface area is 156 Å². The number of halogens is 1. The molecule has 0 spiro atoms. The number of carbonyl (C=O) groups is 1. The summed E-state index contributed by atoms with van der Waals surface area (Å²) in [4.78, 5) is 17.5. The van der Waals surface area contributed by atoms with E-state index in [1.807, 2.05) is 0 Å². The number of ether oxygens (including phenoxy) is 2. The molecule has 0 aliphatic carbocycles. The van der Waals surface area contributed by atoms with E-state index in [1.54, 1.807) is 32.2 Å². The number of amides is 1. The molecule has 2 aromatic rings. The summed E-state index contributed by atoms with van der Waals surface area (Å²) < 4.78 is 23.9. The van der Waals surface area contributed by atoms with Crippen molar-refractivity contribution in [3.05, 3.63) is 47.3 Å². The van der Waals surface area contributed by atoms with Gasteiger partial charge in [0.1, 0.15) is 23.9 Å². The average Bonchev–Trinajstić information content (AvgIpc) is 2.64. The first-order chi connectivity index (χ1) is 13.0. The van der Waals surface area contributed by atoms with Crippen LogP contribution in [0.3, 0.4) is 0 Å². The smallest absolute Gasteiger partial charge is 0.412 e. The average molecular weight is 375 g/mol. The largest absolute Gasteiger partial charge is 0.474 e. The zero-order valence-corrected chi connectivity index (χ0v) is 15.2. The van der Waals surface area contributed by atoms with E-state index in [2.05, 4.69) is 10.3 Å². The summed E-state index contributed by atoms with van der Waals surface area (Å²) >= 11 is 0. The van der Waals surface area contributed by atoms with Crippen LogP contribution < -0.4 is 15.0 Å². The van der Waals surface area contributed by atoms with E-state index in [4.69, 9.17) is 9.47 Å². The van der Waals surface area contributed by atoms with Crippen molar-refractivity contribution in [2.75, 3.05) is 37.1 Å². The molecule has 2 N–H and O–H groups in total.